The van der Waals surface area contributed by atoms with Crippen LogP contribution >= 0.6 is 39.5 Å². The second kappa shape index (κ2) is 28.0. The number of aliphatic hydroxyl groups is 1. The molecule has 4 fully saturated rings. The third-order valence-corrected chi connectivity index (χ3v) is 16.5. The summed E-state index contributed by atoms with van der Waals surface area (Å²) in [5, 5.41) is 17.1. The quantitative estimate of drug-likeness (QED) is 0.0729. The van der Waals surface area contributed by atoms with Crippen LogP contribution in [0.3, 0.4) is 0 Å². The zero-order valence-electron chi connectivity index (χ0n) is 44.8. The average Bonchev–Trinajstić information content (AvgIpc) is 4.15. The molecule has 0 bridgehead atoms. The second-order valence-electron chi connectivity index (χ2n) is 19.6. The van der Waals surface area contributed by atoms with E-state index in [-0.39, 0.29) is 202 Å². The summed E-state index contributed by atoms with van der Waals surface area (Å²) >= 11 is 5.64. The van der Waals surface area contributed by atoms with E-state index in [1.54, 1.807) is 54.2 Å². The minimum atomic E-state index is -1.05. The molecule has 0 spiro atoms. The molecule has 4 saturated carbocycles. The normalized spacial score (nSPS) is 25.4. The number of aliphatic imine (C=N–C) groups is 2. The van der Waals surface area contributed by atoms with Crippen molar-refractivity contribution in [1.82, 2.24) is 29.7 Å². The fraction of sp³-hybridized carbons (Fsp3) is 0.431. The molecule has 0 saturated heterocycles. The Bertz CT molecular complexity index is 2940. The Morgan fingerprint density at radius 3 is 1.53 bits per heavy atom. The summed E-state index contributed by atoms with van der Waals surface area (Å²) in [6.07, 6.45) is 13.9. The molecule has 17 nitrogen and oxygen atoms in total. The summed E-state index contributed by atoms with van der Waals surface area (Å²) in [6.45, 7) is 4.39. The third kappa shape index (κ3) is 15.8. The maximum Gasteiger partial charge on any atom is 1.00 e. The van der Waals surface area contributed by atoms with Crippen LogP contribution in [0.5, 0.6) is 5.88 Å². The SMILES string of the molecule is CN(C)C(=O)[C@]12C[C@H]1[C@@](C)(c1cc(/C=C(\F)c3cnc(Br)cn3)ccc1F)N=C(N)S2.CN(C)C(=O)[C@]12C[C@H]1[C@@](C)(c1cc(/C=C(\F)c3cnc(OCC4CC4)cn3)ccc1F)N=C(N)S2.O=CO[O-].OCC1CC1.[Cs+].[Cs+].[H-]. The molecular formula is C51H57BrCs2F4N10O7S2. The molecule has 4 aliphatic carbocycles. The molecule has 10 rings (SSSR count). The number of nitrogens with two attached hydrogens (primary N) is 2. The van der Waals surface area contributed by atoms with Gasteiger partial charge in [0.2, 0.25) is 17.7 Å². The number of thioether (sulfide) groups is 2. The van der Waals surface area contributed by atoms with Crippen molar-refractivity contribution in [3.05, 3.63) is 111 Å². The smallest absolute Gasteiger partial charge is 1.00 e. The maximum absolute atomic E-state index is 15.1. The van der Waals surface area contributed by atoms with Gasteiger partial charge in [0, 0.05) is 57.8 Å². The monoisotopic (exact) mass is 1410 g/mol. The van der Waals surface area contributed by atoms with Gasteiger partial charge in [-0.05, 0) is 128 Å². The summed E-state index contributed by atoms with van der Waals surface area (Å²) in [5.74, 6) is -1.14. The molecular weight excluding hydrogens is 1350 g/mol. The van der Waals surface area contributed by atoms with Crippen LogP contribution in [0.15, 0.2) is 75.8 Å². The Balaban J connectivity index is 0.000000282. The van der Waals surface area contributed by atoms with E-state index in [4.69, 9.17) is 31.4 Å². The minimum Gasteiger partial charge on any atom is -1.00 e. The molecule has 2 aromatic heterocycles. The van der Waals surface area contributed by atoms with E-state index in [1.807, 2.05) is 0 Å². The number of amides is 2. The van der Waals surface area contributed by atoms with Crippen LogP contribution in [0.1, 0.15) is 87.4 Å². The van der Waals surface area contributed by atoms with Crippen molar-refractivity contribution in [2.45, 2.75) is 72.9 Å². The molecule has 5 N–H and O–H groups in total. The number of benzene rings is 2. The number of amidine groups is 2. The number of ether oxygens (including phenoxy) is 1. The van der Waals surface area contributed by atoms with Crippen LogP contribution in [0.2, 0.25) is 0 Å². The number of hydrogen-bond donors (Lipinski definition) is 3. The molecule has 4 aromatic rings. The van der Waals surface area contributed by atoms with Gasteiger partial charge in [-0.2, -0.15) is 0 Å². The topological polar surface area (TPSA) is 248 Å². The van der Waals surface area contributed by atoms with Crippen molar-refractivity contribution in [2.24, 2.45) is 45.1 Å². The summed E-state index contributed by atoms with van der Waals surface area (Å²) in [4.78, 5) is 65.3. The van der Waals surface area contributed by atoms with Crippen LogP contribution in [0, 0.1) is 35.3 Å². The molecule has 6 aliphatic rings. The number of aliphatic hydroxyl groups excluding tert-OH is 1. The third-order valence-electron chi connectivity index (χ3n) is 13.5. The fourth-order valence-corrected chi connectivity index (χ4v) is 12.3. The van der Waals surface area contributed by atoms with Gasteiger partial charge in [0.15, 0.2) is 22.0 Å². The standard InChI is InChI=1S/C25H27F2N5O2S.C21H20BrF2N5OS.C4H8O.CH2O3.2Cs.H/c1-24(20-10-25(20,22(33)32(2)3)35-23(28)31-24)16-8-15(6-7-17(16)26)9-18(27)19-11-30-21(12-29-19)34-13-14-4-5-14;1-20(16-8-21(16,18(30)29(2)3)31-19(25)28-20)12-6-11(4-5-13(12)23)7-14(24)15-9-27-17(22)10-26-15;5-3-4-1-2-4;2-1-4-3;;;/h6-9,11-12,14,20H,4-5,10,13H2,1-3H3,(H2,28,31);4-7,9-10,16H,8H2,1-3H3,(H2,25,28);4-5H,1-3H2;1,3H;;;/q;;;;2*+1;-1/p-1/b18-9-;14-7-;;;;;/t20-,24+,25-;16-,20+,21-;;;;;/m00...../s1. The summed E-state index contributed by atoms with van der Waals surface area (Å²) in [7, 11) is 6.75. The van der Waals surface area contributed by atoms with E-state index in [2.05, 4.69) is 50.7 Å². The zero-order chi connectivity index (χ0) is 54.6. The first-order valence-electron chi connectivity index (χ1n) is 23.7. The van der Waals surface area contributed by atoms with Gasteiger partial charge in [-0.3, -0.25) is 24.4 Å². The number of nitrogens with zero attached hydrogens (tertiary/aromatic N) is 8. The maximum atomic E-state index is 15.1. The van der Waals surface area contributed by atoms with E-state index in [1.165, 1.54) is 107 Å². The van der Waals surface area contributed by atoms with Crippen LogP contribution in [-0.2, 0) is 30.3 Å². The van der Waals surface area contributed by atoms with E-state index in [0.29, 0.717) is 59.5 Å². The van der Waals surface area contributed by atoms with Gasteiger partial charge < -0.3 is 42.7 Å². The van der Waals surface area contributed by atoms with E-state index in [9.17, 15) is 22.8 Å². The second-order valence-corrected chi connectivity index (χ2v) is 23.1. The van der Waals surface area contributed by atoms with Crippen molar-refractivity contribution in [3.63, 3.8) is 0 Å². The number of carbonyl (C=O) groups excluding carboxylic acids is 3. The van der Waals surface area contributed by atoms with Crippen molar-refractivity contribution in [1.29, 1.82) is 0 Å². The van der Waals surface area contributed by atoms with Crippen LogP contribution < -0.4 is 159 Å². The first-order chi connectivity index (χ1) is 35.5. The largest absolute Gasteiger partial charge is 1.00 e. The number of hydrogen-bond acceptors (Lipinski definition) is 17. The summed E-state index contributed by atoms with van der Waals surface area (Å²) in [5.41, 5.74) is 11.6. The molecule has 402 valence electrons. The number of aromatic nitrogens is 4. The molecule has 6 atom stereocenters. The minimum absolute atomic E-state index is 0. The number of halogens is 5. The predicted octanol–water partition coefficient (Wildman–Crippen LogP) is 0.909. The molecule has 2 aliphatic heterocycles. The molecule has 77 heavy (non-hydrogen) atoms. The average molecular weight is 1410 g/mol. The van der Waals surface area contributed by atoms with Crippen LogP contribution in [0.25, 0.3) is 23.8 Å². The van der Waals surface area contributed by atoms with Gasteiger partial charge in [0.05, 0.1) is 42.5 Å². The number of carbonyl (C=O) groups is 3. The Morgan fingerprint density at radius 2 is 1.19 bits per heavy atom. The van der Waals surface area contributed by atoms with Gasteiger partial charge in [-0.25, -0.2) is 37.5 Å². The first kappa shape index (κ1) is 66.0. The van der Waals surface area contributed by atoms with E-state index in [0.717, 1.165) is 12.8 Å². The van der Waals surface area contributed by atoms with Crippen molar-refractivity contribution < 1.29 is 191 Å². The number of rotatable bonds is 13. The Hall–Kier alpha value is -1.85. The fourth-order valence-electron chi connectivity index (χ4n) is 9.08. The Labute approximate surface area is 579 Å². The van der Waals surface area contributed by atoms with E-state index < -0.39 is 43.9 Å². The zero-order valence-corrected chi connectivity index (χ0v) is 59.6. The van der Waals surface area contributed by atoms with Gasteiger partial charge in [0.1, 0.15) is 37.1 Å². The number of fused-ring (bicyclic) bond motifs is 2. The molecule has 4 heterocycles. The molecule has 2 aromatic carbocycles. The van der Waals surface area contributed by atoms with Crippen LogP contribution in [0.4, 0.5) is 17.6 Å². The van der Waals surface area contributed by atoms with Gasteiger partial charge in [0.25, 0.3) is 6.47 Å². The molecule has 26 heteroatoms. The van der Waals surface area contributed by atoms with Crippen molar-refractivity contribution >= 4 is 91.9 Å². The molecule has 2 amide bonds. The van der Waals surface area contributed by atoms with Gasteiger partial charge in [-0.15, -0.1) is 0 Å². The first-order valence-corrected chi connectivity index (χ1v) is 26.1. The van der Waals surface area contributed by atoms with Gasteiger partial charge >= 0.3 is 138 Å². The van der Waals surface area contributed by atoms with Gasteiger partial charge in [-0.1, -0.05) is 35.7 Å². The van der Waals surface area contributed by atoms with Crippen molar-refractivity contribution in [2.75, 3.05) is 41.4 Å². The Kier molecular flexibility index (Phi) is 23.9. The summed E-state index contributed by atoms with van der Waals surface area (Å²) < 4.78 is 64.2. The van der Waals surface area contributed by atoms with E-state index >= 15 is 4.39 Å². The Morgan fingerprint density at radius 1 is 0.766 bits per heavy atom. The van der Waals surface area contributed by atoms with Crippen molar-refractivity contribution in [3.8, 4) is 5.88 Å². The summed E-state index contributed by atoms with van der Waals surface area (Å²) in [6, 6.07) is 8.63. The predicted molar refractivity (Wildman–Crippen MR) is 281 cm³/mol. The molecule has 0 unspecified atom stereocenters. The molecule has 0 radical (unpaired) electrons. The van der Waals surface area contributed by atoms with Crippen LogP contribution in [-0.4, -0.2) is 114 Å².